The van der Waals surface area contributed by atoms with E-state index < -0.39 is 28.2 Å². The van der Waals surface area contributed by atoms with E-state index in [0.29, 0.717) is 4.47 Å². The summed E-state index contributed by atoms with van der Waals surface area (Å²) in [5, 5.41) is 24.4. The first-order valence-corrected chi connectivity index (χ1v) is 34.6. The van der Waals surface area contributed by atoms with E-state index in [1.54, 1.807) is 88.9 Å². The fourth-order valence-electron chi connectivity index (χ4n) is 8.24. The van der Waals surface area contributed by atoms with Crippen LogP contribution in [0, 0.1) is 20.2 Å². The van der Waals surface area contributed by atoms with Crippen LogP contribution in [0.5, 0.6) is 11.5 Å². The molecule has 2 saturated heterocycles. The smallest absolute Gasteiger partial charge is 0.406 e. The van der Waals surface area contributed by atoms with Crippen LogP contribution in [-0.4, -0.2) is 134 Å². The molecule has 0 aromatic carbocycles. The van der Waals surface area contributed by atoms with Crippen molar-refractivity contribution in [2.24, 2.45) is 0 Å². The number of rotatable bonds is 21. The van der Waals surface area contributed by atoms with Crippen molar-refractivity contribution in [3.8, 4) is 21.9 Å². The summed E-state index contributed by atoms with van der Waals surface area (Å²) in [5.74, 6) is -0.330. The predicted octanol–water partition coefficient (Wildman–Crippen LogP) is 10.5. The van der Waals surface area contributed by atoms with Crippen molar-refractivity contribution in [1.29, 1.82) is 0 Å². The molecule has 0 spiro atoms. The molecular formula is C50H67BrN12O6S2Sn. The Kier molecular flexibility index (Phi) is 22.8. The molecule has 0 N–H and O–H groups in total. The van der Waals surface area contributed by atoms with Crippen molar-refractivity contribution in [1.82, 2.24) is 39.7 Å². The van der Waals surface area contributed by atoms with Gasteiger partial charge in [-0.3, -0.25) is 9.97 Å². The zero-order valence-electron chi connectivity index (χ0n) is 42.0. The molecule has 72 heavy (non-hydrogen) atoms. The predicted molar refractivity (Wildman–Crippen MR) is 294 cm³/mol. The summed E-state index contributed by atoms with van der Waals surface area (Å²) in [6.07, 6.45) is 21.9. The summed E-state index contributed by atoms with van der Waals surface area (Å²) < 4.78 is 18.2. The summed E-state index contributed by atoms with van der Waals surface area (Å²) in [7, 11) is 4.34. The van der Waals surface area contributed by atoms with Crippen molar-refractivity contribution in [3.63, 3.8) is 0 Å². The second-order valence-corrected chi connectivity index (χ2v) is 35.1. The van der Waals surface area contributed by atoms with Gasteiger partial charge in [0.15, 0.2) is 11.3 Å². The third kappa shape index (κ3) is 16.8. The van der Waals surface area contributed by atoms with Crippen LogP contribution in [0.15, 0.2) is 90.4 Å². The van der Waals surface area contributed by atoms with Crippen molar-refractivity contribution in [2.75, 3.05) is 76.3 Å². The molecule has 0 amide bonds. The molecule has 6 aromatic rings. The number of nitro groups is 2. The van der Waals surface area contributed by atoms with Gasteiger partial charge in [0.2, 0.25) is 11.5 Å². The van der Waals surface area contributed by atoms with Gasteiger partial charge in [-0.25, -0.2) is 4.98 Å². The fourth-order valence-corrected chi connectivity index (χ4v) is 29.2. The maximum absolute atomic E-state index is 11.4. The molecule has 2 fully saturated rings. The average Bonchev–Trinajstić information content (AvgIpc) is 4.11. The largest absolute Gasteiger partial charge is 0.481 e. The van der Waals surface area contributed by atoms with Gasteiger partial charge in [0.05, 0.1) is 9.35 Å². The molecule has 18 nitrogen and oxygen atoms in total. The van der Waals surface area contributed by atoms with Gasteiger partial charge in [0.25, 0.3) is 0 Å². The summed E-state index contributed by atoms with van der Waals surface area (Å²) >= 11 is 4.57. The Morgan fingerprint density at radius 2 is 1.06 bits per heavy atom. The van der Waals surface area contributed by atoms with Crippen LogP contribution in [0.3, 0.4) is 0 Å². The van der Waals surface area contributed by atoms with Gasteiger partial charge in [-0.15, -0.1) is 0 Å². The van der Waals surface area contributed by atoms with Gasteiger partial charge in [-0.1, -0.05) is 11.3 Å². The van der Waals surface area contributed by atoms with Gasteiger partial charge < -0.3 is 39.5 Å². The zero-order valence-corrected chi connectivity index (χ0v) is 48.1. The zero-order chi connectivity index (χ0) is 51.3. The molecule has 22 heteroatoms. The summed E-state index contributed by atoms with van der Waals surface area (Å²) in [4.78, 5) is 56.5. The van der Waals surface area contributed by atoms with E-state index in [2.05, 4.69) is 113 Å². The van der Waals surface area contributed by atoms with Crippen LogP contribution in [0.25, 0.3) is 10.4 Å². The number of halogens is 1. The van der Waals surface area contributed by atoms with Crippen LogP contribution in [0.4, 0.5) is 21.9 Å². The number of ether oxygens (including phenoxy) is 2. The van der Waals surface area contributed by atoms with Crippen molar-refractivity contribution in [2.45, 2.75) is 85.8 Å². The van der Waals surface area contributed by atoms with E-state index in [4.69, 9.17) is 14.5 Å². The number of hydrogen-bond donors (Lipinski definition) is 0. The van der Waals surface area contributed by atoms with E-state index in [1.807, 2.05) is 0 Å². The number of piperazine rings is 2. The van der Waals surface area contributed by atoms with E-state index in [0.717, 1.165) is 66.0 Å². The molecule has 8 rings (SSSR count). The van der Waals surface area contributed by atoms with Crippen LogP contribution < -0.4 is 22.2 Å². The quantitative estimate of drug-likeness (QED) is 0.0375. The Balaban J connectivity index is 0.000000181. The van der Waals surface area contributed by atoms with Crippen molar-refractivity contribution in [3.05, 3.63) is 122 Å². The number of aromatic nitrogens is 6. The molecule has 0 saturated carbocycles. The topological polar surface area (TPSA) is 195 Å². The number of nitrogens with zero attached hydrogens (tertiary/aromatic N) is 12. The van der Waals surface area contributed by atoms with Crippen molar-refractivity contribution >= 4 is 81.8 Å². The second kappa shape index (κ2) is 29.1. The average molecular weight is 1190 g/mol. The summed E-state index contributed by atoms with van der Waals surface area (Å²) in [6.45, 7) is 16.0. The van der Waals surface area contributed by atoms with Crippen molar-refractivity contribution < 1.29 is 19.3 Å². The van der Waals surface area contributed by atoms with Crippen LogP contribution in [0.1, 0.15) is 70.4 Å². The number of pyridine rings is 4. The number of likely N-dealkylation sites (N-methyl/N-ethyl adjacent to an activating group) is 2. The van der Waals surface area contributed by atoms with Crippen LogP contribution in [0.2, 0.25) is 13.3 Å². The molecule has 0 unspecified atom stereocenters. The minimum absolute atomic E-state index is 0.131. The van der Waals surface area contributed by atoms with Gasteiger partial charge in [-0.2, -0.15) is 0 Å². The third-order valence-electron chi connectivity index (χ3n) is 12.6. The maximum Gasteiger partial charge on any atom is 0.406 e. The number of hydrogen-bond acceptors (Lipinski definition) is 18. The van der Waals surface area contributed by atoms with Gasteiger partial charge in [0.1, 0.15) is 19.4 Å². The Morgan fingerprint density at radius 3 is 1.53 bits per heavy atom. The molecule has 386 valence electrons. The standard InChI is InChI=1S/C19H20N6O3S.C11H8BrN3O3.C8H12N3S.3C4H9.Sn/c1-23-6-8-24(9-7-23)19-22-12-17(29-19)15-10-16(18(21-11-15)25(26)27)28-13-14-2-4-20-5-3-14;12-9-5-10(11(14-6-9)15(16)17)18-7-8-1-3-13-4-2-8;1-10-3-5-11(6-4-10)8-9-2-7-12-8;3*1-3-4-2;/h2-5,10-12H,6-9,13H2,1H3;1-6H,7H2;2H,3-6H2,1H3;3*1,3-4H2,2H3;. The van der Waals surface area contributed by atoms with E-state index in [9.17, 15) is 20.2 Å². The first-order valence-electron chi connectivity index (χ1n) is 24.7. The second-order valence-electron chi connectivity index (χ2n) is 18.0. The first kappa shape index (κ1) is 56.4. The van der Waals surface area contributed by atoms with E-state index in [1.165, 1.54) is 75.2 Å². The molecular weight excluding hydrogens is 1130 g/mol. The maximum atomic E-state index is 11.4. The van der Waals surface area contributed by atoms with Crippen LogP contribution in [-0.2, 0) is 13.2 Å². The Morgan fingerprint density at radius 1 is 0.611 bits per heavy atom. The third-order valence-corrected chi connectivity index (χ3v) is 33.4. The molecule has 6 aromatic heterocycles. The van der Waals surface area contributed by atoms with Gasteiger partial charge >= 0.3 is 176 Å². The molecule has 8 heterocycles. The molecule has 2 aliphatic rings. The van der Waals surface area contributed by atoms with E-state index in [-0.39, 0.29) is 36.3 Å². The monoisotopic (exact) mass is 1190 g/mol. The minimum Gasteiger partial charge on any atom is -0.481 e. The SMILES string of the molecule is CCC[CH2][Sn]([CH2]CCC)([CH2]CCC)[c]1cnc(N2CCN(C)CC2)s1.CN1CCN(c2ncc(-c3cnc([N+](=O)[O-])c(OCc4ccncc4)c3)s2)CC1.O=[N+]([O-])c1ncc(Br)cc1OCc1ccncc1. The first-order chi connectivity index (χ1) is 34.9. The number of unbranched alkanes of at least 4 members (excludes halogenated alkanes) is 3. The van der Waals surface area contributed by atoms with Gasteiger partial charge in [-0.05, 0) is 78.2 Å². The summed E-state index contributed by atoms with van der Waals surface area (Å²) in [6, 6.07) is 10.3. The normalized spacial score (nSPS) is 14.2. The molecule has 0 bridgehead atoms. The minimum atomic E-state index is -2.27. The van der Waals surface area contributed by atoms with Gasteiger partial charge in [0, 0.05) is 74.9 Å². The molecule has 2 aliphatic heterocycles. The Labute approximate surface area is 443 Å². The Hall–Kier alpha value is -4.94. The molecule has 0 atom stereocenters. The molecule has 0 radical (unpaired) electrons. The van der Waals surface area contributed by atoms with E-state index >= 15 is 0 Å². The fraction of sp³-hybridized carbons (Fsp3) is 0.480. The van der Waals surface area contributed by atoms with Crippen LogP contribution >= 0.6 is 38.6 Å². The molecule has 0 aliphatic carbocycles. The summed E-state index contributed by atoms with van der Waals surface area (Å²) in [5.41, 5.74) is 2.49. The number of thiazole rings is 2. The Bertz CT molecular complexity index is 2560. The number of anilines is 2.